The highest BCUT2D eigenvalue weighted by Gasteiger charge is 2.33. The van der Waals surface area contributed by atoms with Crippen LogP contribution in [0.5, 0.6) is 5.75 Å². The Morgan fingerprint density at radius 1 is 0.630 bits per heavy atom. The Bertz CT molecular complexity index is 1070. The monoisotopic (exact) mass is 392 g/mol. The summed E-state index contributed by atoms with van der Waals surface area (Å²) in [5.41, 5.74) is -1.20. The molecule has 0 bridgehead atoms. The molecule has 0 aliphatic heterocycles. The van der Waals surface area contributed by atoms with Crippen molar-refractivity contribution in [3.8, 4) is 5.75 Å². The lowest BCUT2D eigenvalue weighted by Gasteiger charge is -2.15. The minimum atomic E-state index is -2.60. The summed E-state index contributed by atoms with van der Waals surface area (Å²) in [6.45, 7) is 0. The van der Waals surface area contributed by atoms with E-state index >= 15 is 0 Å². The Kier molecular flexibility index (Phi) is 4.72. The Labute approximate surface area is 145 Å². The SMILES string of the molecule is OB(Oc1ccc(F)c(F)c1F)c1c(F)c(F)c(F)c2c(F)c(F)ccc12. The quantitative estimate of drug-likeness (QED) is 0.419. The van der Waals surface area contributed by atoms with E-state index < -0.39 is 75.6 Å². The van der Waals surface area contributed by atoms with E-state index in [-0.39, 0.29) is 0 Å². The lowest BCUT2D eigenvalue weighted by Crippen LogP contribution is -2.41. The number of hydrogen-bond acceptors (Lipinski definition) is 2. The summed E-state index contributed by atoms with van der Waals surface area (Å²) in [6, 6.07) is 2.04. The van der Waals surface area contributed by atoms with Crippen molar-refractivity contribution in [2.75, 3.05) is 0 Å². The molecule has 0 spiro atoms. The molecule has 2 nitrogen and oxygen atoms in total. The lowest BCUT2D eigenvalue weighted by molar-refractivity contribution is 0.383. The predicted octanol–water partition coefficient (Wildman–Crippen LogP) is 3.72. The van der Waals surface area contributed by atoms with Gasteiger partial charge >= 0.3 is 7.12 Å². The standard InChI is InChI=1S/C16H5BF8O2/c18-6-2-1-5-9(11(6)20)14(23)16(25)15(24)10(5)17(26)27-8-4-3-7(19)12(21)13(8)22/h1-4,26H. The second-order valence-corrected chi connectivity index (χ2v) is 5.28. The molecule has 0 amide bonds. The maximum Gasteiger partial charge on any atom is 0.563 e. The van der Waals surface area contributed by atoms with Crippen molar-refractivity contribution in [3.05, 3.63) is 70.8 Å². The van der Waals surface area contributed by atoms with Crippen LogP contribution in [-0.4, -0.2) is 12.1 Å². The first-order valence-electron chi connectivity index (χ1n) is 7.07. The van der Waals surface area contributed by atoms with Crippen LogP contribution in [0.4, 0.5) is 35.1 Å². The predicted molar refractivity (Wildman–Crippen MR) is 78.3 cm³/mol. The van der Waals surface area contributed by atoms with Crippen molar-refractivity contribution in [1.29, 1.82) is 0 Å². The topological polar surface area (TPSA) is 29.5 Å². The number of hydrogen-bond donors (Lipinski definition) is 1. The van der Waals surface area contributed by atoms with Crippen LogP contribution in [0.2, 0.25) is 0 Å². The first kappa shape index (κ1) is 19.0. The number of rotatable bonds is 3. The van der Waals surface area contributed by atoms with Crippen molar-refractivity contribution in [1.82, 2.24) is 0 Å². The van der Waals surface area contributed by atoms with E-state index in [9.17, 15) is 40.1 Å². The van der Waals surface area contributed by atoms with E-state index in [4.69, 9.17) is 0 Å². The molecule has 0 aliphatic carbocycles. The van der Waals surface area contributed by atoms with Gasteiger partial charge in [0.25, 0.3) is 0 Å². The fourth-order valence-electron chi connectivity index (χ4n) is 2.45. The van der Waals surface area contributed by atoms with Gasteiger partial charge in [-0.2, -0.15) is 4.39 Å². The van der Waals surface area contributed by atoms with Crippen LogP contribution >= 0.6 is 0 Å². The number of halogens is 8. The van der Waals surface area contributed by atoms with Crippen molar-refractivity contribution in [3.63, 3.8) is 0 Å². The summed E-state index contributed by atoms with van der Waals surface area (Å²) in [5.74, 6) is -16.3. The number of benzene rings is 3. The minimum absolute atomic E-state index is 0.426. The Morgan fingerprint density at radius 3 is 1.89 bits per heavy atom. The highest BCUT2D eigenvalue weighted by atomic mass is 19.2. The molecule has 1 N–H and O–H groups in total. The number of fused-ring (bicyclic) bond motifs is 1. The minimum Gasteiger partial charge on any atom is -0.530 e. The molecule has 0 aliphatic rings. The largest absolute Gasteiger partial charge is 0.563 e. The van der Waals surface area contributed by atoms with Gasteiger partial charge in [-0.15, -0.1) is 0 Å². The highest BCUT2D eigenvalue weighted by Crippen LogP contribution is 2.27. The van der Waals surface area contributed by atoms with E-state index in [1.165, 1.54) is 0 Å². The molecule has 0 heterocycles. The fourth-order valence-corrected chi connectivity index (χ4v) is 2.45. The van der Waals surface area contributed by atoms with Gasteiger partial charge in [0.15, 0.2) is 40.7 Å². The Morgan fingerprint density at radius 2 is 1.22 bits per heavy atom. The average molecular weight is 392 g/mol. The molecule has 140 valence electrons. The normalized spacial score (nSPS) is 11.1. The zero-order chi connectivity index (χ0) is 20.0. The summed E-state index contributed by atoms with van der Waals surface area (Å²) in [6.07, 6.45) is 0. The van der Waals surface area contributed by atoms with E-state index in [0.29, 0.717) is 24.3 Å². The second-order valence-electron chi connectivity index (χ2n) is 5.28. The summed E-state index contributed by atoms with van der Waals surface area (Å²) in [7, 11) is -2.60. The van der Waals surface area contributed by atoms with Crippen LogP contribution < -0.4 is 10.1 Å². The van der Waals surface area contributed by atoms with Crippen LogP contribution in [0.25, 0.3) is 10.8 Å². The van der Waals surface area contributed by atoms with Crippen LogP contribution in [0.1, 0.15) is 0 Å². The maximum absolute atomic E-state index is 14.1. The Balaban J connectivity index is 2.19. The molecule has 0 aromatic heterocycles. The third-order valence-electron chi connectivity index (χ3n) is 3.71. The van der Waals surface area contributed by atoms with Gasteiger partial charge in [-0.3, -0.25) is 0 Å². The molecule has 3 aromatic rings. The van der Waals surface area contributed by atoms with Crippen molar-refractivity contribution in [2.45, 2.75) is 0 Å². The lowest BCUT2D eigenvalue weighted by atomic mass is 9.75. The van der Waals surface area contributed by atoms with Crippen LogP contribution in [0, 0.1) is 46.5 Å². The maximum atomic E-state index is 14.1. The van der Waals surface area contributed by atoms with Gasteiger partial charge in [-0.25, -0.2) is 30.7 Å². The first-order valence-corrected chi connectivity index (χ1v) is 7.07. The molecule has 0 atom stereocenters. The van der Waals surface area contributed by atoms with Crippen molar-refractivity contribution < 1.29 is 44.8 Å². The van der Waals surface area contributed by atoms with E-state index in [1.807, 2.05) is 0 Å². The van der Waals surface area contributed by atoms with E-state index in [2.05, 4.69) is 4.65 Å². The van der Waals surface area contributed by atoms with Crippen molar-refractivity contribution >= 4 is 23.4 Å². The van der Waals surface area contributed by atoms with Gasteiger partial charge in [0.2, 0.25) is 5.82 Å². The van der Waals surface area contributed by atoms with E-state index in [1.54, 1.807) is 0 Å². The third-order valence-corrected chi connectivity index (χ3v) is 3.71. The summed E-state index contributed by atoms with van der Waals surface area (Å²) in [5, 5.41) is 7.82. The zero-order valence-electron chi connectivity index (χ0n) is 12.8. The fraction of sp³-hybridized carbons (Fsp3) is 0. The van der Waals surface area contributed by atoms with Crippen LogP contribution in [0.3, 0.4) is 0 Å². The smallest absolute Gasteiger partial charge is 0.530 e. The van der Waals surface area contributed by atoms with Gasteiger partial charge in [-0.1, -0.05) is 6.07 Å². The molecule has 0 unspecified atom stereocenters. The molecule has 3 aromatic carbocycles. The van der Waals surface area contributed by atoms with Gasteiger partial charge in [0, 0.05) is 5.46 Å². The van der Waals surface area contributed by atoms with Gasteiger partial charge in [0.1, 0.15) is 5.75 Å². The highest BCUT2D eigenvalue weighted by molar-refractivity contribution is 6.64. The van der Waals surface area contributed by atoms with Crippen LogP contribution in [0.15, 0.2) is 24.3 Å². The third kappa shape index (κ3) is 2.97. The summed E-state index contributed by atoms with van der Waals surface area (Å²) >= 11 is 0. The summed E-state index contributed by atoms with van der Waals surface area (Å²) < 4.78 is 113. The molecule has 0 radical (unpaired) electrons. The first-order chi connectivity index (χ1) is 12.6. The molecular weight excluding hydrogens is 387 g/mol. The van der Waals surface area contributed by atoms with Gasteiger partial charge < -0.3 is 9.68 Å². The molecule has 0 saturated heterocycles. The van der Waals surface area contributed by atoms with Crippen molar-refractivity contribution in [2.24, 2.45) is 0 Å². The second kappa shape index (κ2) is 6.73. The molecular formula is C16H5BF8O2. The zero-order valence-corrected chi connectivity index (χ0v) is 12.8. The molecule has 0 fully saturated rings. The van der Waals surface area contributed by atoms with Gasteiger partial charge in [0.05, 0.1) is 5.39 Å². The van der Waals surface area contributed by atoms with Crippen LogP contribution in [-0.2, 0) is 0 Å². The average Bonchev–Trinajstić information content (AvgIpc) is 2.63. The molecule has 0 saturated carbocycles. The molecule has 11 heteroatoms. The Hall–Kier alpha value is -2.82. The summed E-state index contributed by atoms with van der Waals surface area (Å²) in [4.78, 5) is 0. The van der Waals surface area contributed by atoms with E-state index in [0.717, 1.165) is 0 Å². The molecule has 3 rings (SSSR count). The molecule has 27 heavy (non-hydrogen) atoms. The van der Waals surface area contributed by atoms with Gasteiger partial charge in [-0.05, 0) is 23.6 Å².